The summed E-state index contributed by atoms with van der Waals surface area (Å²) in [7, 11) is 3.35. The molecule has 1 aromatic carbocycles. The van der Waals surface area contributed by atoms with Gasteiger partial charge in [0.1, 0.15) is 5.75 Å². The number of likely N-dealkylation sites (tertiary alicyclic amines) is 1. The summed E-state index contributed by atoms with van der Waals surface area (Å²) >= 11 is 0. The molecule has 0 aliphatic carbocycles. The average Bonchev–Trinajstić information content (AvgIpc) is 3.25. The molecule has 0 N–H and O–H groups in total. The molecule has 1 unspecified atom stereocenters. The summed E-state index contributed by atoms with van der Waals surface area (Å²) in [6.45, 7) is 5.44. The van der Waals surface area contributed by atoms with E-state index >= 15 is 0 Å². The van der Waals surface area contributed by atoms with E-state index in [4.69, 9.17) is 9.47 Å². The van der Waals surface area contributed by atoms with Crippen LogP contribution in [0.4, 0.5) is 0 Å². The number of hydrogen-bond donors (Lipinski definition) is 0. The van der Waals surface area contributed by atoms with Crippen molar-refractivity contribution in [2.24, 2.45) is 11.8 Å². The topological polar surface area (TPSA) is 62.3 Å². The van der Waals surface area contributed by atoms with Gasteiger partial charge in [-0.15, -0.1) is 0 Å². The van der Waals surface area contributed by atoms with Crippen molar-refractivity contribution < 1.29 is 19.1 Å². The summed E-state index contributed by atoms with van der Waals surface area (Å²) in [5.74, 6) is 1.31. The minimum Gasteiger partial charge on any atom is -0.496 e. The van der Waals surface area contributed by atoms with Gasteiger partial charge in [-0.1, -0.05) is 24.6 Å². The number of rotatable bonds is 10. The Morgan fingerprint density at radius 2 is 1.94 bits per heavy atom. The quantitative estimate of drug-likeness (QED) is 0.525. The average molecular weight is 472 g/mol. The SMILES string of the molecule is COCCN(C[C@@H]1CCCN2CCCC[C@H]12)C(=O)C1CC(=O)N(CCc2ccccc2OC)C1. The third kappa shape index (κ3) is 5.92. The number of carbonyl (C=O) groups is 2. The number of piperidine rings is 2. The second kappa shape index (κ2) is 12.0. The number of methoxy groups -OCH3 is 2. The van der Waals surface area contributed by atoms with Gasteiger partial charge in [-0.25, -0.2) is 0 Å². The zero-order chi connectivity index (χ0) is 23.9. The first kappa shape index (κ1) is 25.0. The van der Waals surface area contributed by atoms with E-state index in [9.17, 15) is 9.59 Å². The summed E-state index contributed by atoms with van der Waals surface area (Å²) in [6, 6.07) is 8.52. The van der Waals surface area contributed by atoms with E-state index in [0.29, 0.717) is 44.6 Å². The molecule has 0 aromatic heterocycles. The van der Waals surface area contributed by atoms with Gasteiger partial charge in [0.2, 0.25) is 11.8 Å². The van der Waals surface area contributed by atoms with Gasteiger partial charge >= 0.3 is 0 Å². The van der Waals surface area contributed by atoms with Crippen LogP contribution in [0.2, 0.25) is 0 Å². The van der Waals surface area contributed by atoms with E-state index in [2.05, 4.69) is 4.90 Å². The molecule has 34 heavy (non-hydrogen) atoms. The number of nitrogens with zero attached hydrogens (tertiary/aromatic N) is 3. The highest BCUT2D eigenvalue weighted by Gasteiger charge is 2.39. The van der Waals surface area contributed by atoms with Gasteiger partial charge in [-0.3, -0.25) is 9.59 Å². The fourth-order valence-corrected chi connectivity index (χ4v) is 6.14. The Bertz CT molecular complexity index is 830. The largest absolute Gasteiger partial charge is 0.496 e. The molecule has 0 bridgehead atoms. The number of fused-ring (bicyclic) bond motifs is 1. The molecule has 7 heteroatoms. The first-order chi connectivity index (χ1) is 16.6. The van der Waals surface area contributed by atoms with Crippen LogP contribution >= 0.6 is 0 Å². The monoisotopic (exact) mass is 471 g/mol. The first-order valence-corrected chi connectivity index (χ1v) is 13.0. The standard InChI is InChI=1S/C27H41N3O4/c1-33-17-16-30(19-22-9-7-14-28-13-6-5-10-24(22)28)27(32)23-18-26(31)29(20-23)15-12-21-8-3-4-11-25(21)34-2/h3-4,8,11,22-24H,5-7,9-10,12-20H2,1-2H3/t22-,23?,24+/m0/s1. The third-order valence-electron chi connectivity index (χ3n) is 7.97. The number of ether oxygens (including phenoxy) is 2. The van der Waals surface area contributed by atoms with E-state index in [1.807, 2.05) is 34.1 Å². The number of para-hydroxylation sites is 1. The molecule has 3 atom stereocenters. The lowest BCUT2D eigenvalue weighted by atomic mass is 9.83. The molecule has 3 aliphatic rings. The molecule has 2 amide bonds. The van der Waals surface area contributed by atoms with E-state index in [-0.39, 0.29) is 17.7 Å². The molecule has 0 radical (unpaired) electrons. The lowest BCUT2D eigenvalue weighted by molar-refractivity contribution is -0.137. The Morgan fingerprint density at radius 3 is 2.76 bits per heavy atom. The highest BCUT2D eigenvalue weighted by molar-refractivity contribution is 5.89. The molecule has 3 saturated heterocycles. The number of carbonyl (C=O) groups excluding carboxylic acids is 2. The molecule has 3 heterocycles. The molecule has 1 aromatic rings. The van der Waals surface area contributed by atoms with Crippen LogP contribution in [-0.4, -0.2) is 92.7 Å². The van der Waals surface area contributed by atoms with Crippen molar-refractivity contribution in [3.8, 4) is 5.75 Å². The van der Waals surface area contributed by atoms with Gasteiger partial charge in [0.05, 0.1) is 19.6 Å². The van der Waals surface area contributed by atoms with E-state index in [0.717, 1.165) is 24.3 Å². The van der Waals surface area contributed by atoms with Crippen molar-refractivity contribution >= 4 is 11.8 Å². The van der Waals surface area contributed by atoms with Crippen LogP contribution < -0.4 is 4.74 Å². The minimum absolute atomic E-state index is 0.0797. The van der Waals surface area contributed by atoms with Gasteiger partial charge < -0.3 is 24.2 Å². The van der Waals surface area contributed by atoms with Crippen LogP contribution in [0.25, 0.3) is 0 Å². The highest BCUT2D eigenvalue weighted by Crippen LogP contribution is 2.32. The second-order valence-corrected chi connectivity index (χ2v) is 10.1. The Labute approximate surface area is 204 Å². The van der Waals surface area contributed by atoms with Crippen molar-refractivity contribution in [1.29, 1.82) is 0 Å². The van der Waals surface area contributed by atoms with Crippen molar-refractivity contribution in [1.82, 2.24) is 14.7 Å². The molecule has 0 saturated carbocycles. The van der Waals surface area contributed by atoms with Crippen molar-refractivity contribution in [2.45, 2.75) is 51.0 Å². The maximum Gasteiger partial charge on any atom is 0.228 e. The van der Waals surface area contributed by atoms with Gasteiger partial charge in [0.15, 0.2) is 0 Å². The van der Waals surface area contributed by atoms with Gasteiger partial charge in [-0.05, 0) is 62.7 Å². The number of hydrogen-bond acceptors (Lipinski definition) is 5. The summed E-state index contributed by atoms with van der Waals surface area (Å²) < 4.78 is 10.8. The van der Waals surface area contributed by atoms with Crippen LogP contribution in [0.15, 0.2) is 24.3 Å². The normalized spacial score (nSPS) is 25.3. The molecule has 188 valence electrons. The fourth-order valence-electron chi connectivity index (χ4n) is 6.14. The number of amides is 2. The van der Waals surface area contributed by atoms with Gasteiger partial charge in [-0.2, -0.15) is 0 Å². The Kier molecular flexibility index (Phi) is 8.84. The van der Waals surface area contributed by atoms with Gasteiger partial charge in [0, 0.05) is 45.8 Å². The van der Waals surface area contributed by atoms with Crippen molar-refractivity contribution in [3.63, 3.8) is 0 Å². The maximum atomic E-state index is 13.6. The van der Waals surface area contributed by atoms with E-state index in [1.54, 1.807) is 14.2 Å². The van der Waals surface area contributed by atoms with Crippen molar-refractivity contribution in [2.75, 3.05) is 60.1 Å². The predicted molar refractivity (Wildman–Crippen MR) is 132 cm³/mol. The van der Waals surface area contributed by atoms with E-state index in [1.165, 1.54) is 45.2 Å². The van der Waals surface area contributed by atoms with Crippen LogP contribution in [0.1, 0.15) is 44.1 Å². The predicted octanol–water partition coefficient (Wildman–Crippen LogP) is 2.83. The molecule has 3 fully saturated rings. The first-order valence-electron chi connectivity index (χ1n) is 13.0. The zero-order valence-corrected chi connectivity index (χ0v) is 20.9. The molecule has 7 nitrogen and oxygen atoms in total. The van der Waals surface area contributed by atoms with Crippen LogP contribution in [0.3, 0.4) is 0 Å². The molecule has 3 aliphatic heterocycles. The Hall–Kier alpha value is -2.12. The van der Waals surface area contributed by atoms with Gasteiger partial charge in [0.25, 0.3) is 0 Å². The smallest absolute Gasteiger partial charge is 0.228 e. The molecule has 0 spiro atoms. The highest BCUT2D eigenvalue weighted by atomic mass is 16.5. The molecular weight excluding hydrogens is 430 g/mol. The van der Waals surface area contributed by atoms with Crippen molar-refractivity contribution in [3.05, 3.63) is 29.8 Å². The molecular formula is C27H41N3O4. The molecule has 4 rings (SSSR count). The van der Waals surface area contributed by atoms with Crippen LogP contribution in [0, 0.1) is 11.8 Å². The zero-order valence-electron chi connectivity index (χ0n) is 20.9. The Balaban J connectivity index is 1.37. The summed E-state index contributed by atoms with van der Waals surface area (Å²) in [6.07, 6.45) is 7.28. The van der Waals surface area contributed by atoms with Crippen LogP contribution in [-0.2, 0) is 20.7 Å². The van der Waals surface area contributed by atoms with Crippen LogP contribution in [0.5, 0.6) is 5.75 Å². The third-order valence-corrected chi connectivity index (χ3v) is 7.97. The fraction of sp³-hybridized carbons (Fsp3) is 0.704. The minimum atomic E-state index is -0.256. The maximum absolute atomic E-state index is 13.6. The summed E-state index contributed by atoms with van der Waals surface area (Å²) in [5, 5.41) is 0. The Morgan fingerprint density at radius 1 is 1.12 bits per heavy atom. The summed E-state index contributed by atoms with van der Waals surface area (Å²) in [4.78, 5) is 32.9. The lowest BCUT2D eigenvalue weighted by Gasteiger charge is -2.46. The van der Waals surface area contributed by atoms with E-state index < -0.39 is 0 Å². The summed E-state index contributed by atoms with van der Waals surface area (Å²) in [5.41, 5.74) is 1.09. The second-order valence-electron chi connectivity index (χ2n) is 10.1. The number of benzene rings is 1. The lowest BCUT2D eigenvalue weighted by Crippen LogP contribution is -2.52.